The minimum Gasteiger partial charge on any atom is -0.383 e. The lowest BCUT2D eigenvalue weighted by Crippen LogP contribution is -2.40. The van der Waals surface area contributed by atoms with Crippen molar-refractivity contribution in [3.63, 3.8) is 0 Å². The molecule has 2 aromatic heterocycles. The number of aromatic amines is 1. The van der Waals surface area contributed by atoms with Gasteiger partial charge in [-0.3, -0.25) is 10.2 Å². The molecule has 1 amide bonds. The molecule has 1 saturated heterocycles. The maximum Gasteiger partial charge on any atom is 0.255 e. The predicted octanol–water partition coefficient (Wildman–Crippen LogP) is 2.09. The van der Waals surface area contributed by atoms with Crippen LogP contribution in [0.3, 0.4) is 0 Å². The van der Waals surface area contributed by atoms with Crippen LogP contribution in [0.25, 0.3) is 11.2 Å². The molecule has 0 aliphatic carbocycles. The first-order chi connectivity index (χ1) is 15.0. The van der Waals surface area contributed by atoms with Crippen LogP contribution in [0.4, 0.5) is 10.1 Å². The van der Waals surface area contributed by atoms with Gasteiger partial charge in [0.2, 0.25) is 0 Å². The van der Waals surface area contributed by atoms with E-state index in [4.69, 9.17) is 14.9 Å². The molecule has 9 nitrogen and oxygen atoms in total. The molecule has 1 aliphatic rings. The standard InChI is InChI=1S/C21H23FN6O3/c1-11(8-30-2)26-21(29)15-6-24-20-19(15)28-17(7-25-20)18(23)14-4-3-12(22)5-16(14)27-13-9-31-10-13/h3-7,11,13,23,27H,8-10H2,1-2H3,(H,24,25)(H,26,29). The number of methoxy groups -OCH3 is 1. The monoisotopic (exact) mass is 426 g/mol. The second-order valence-electron chi connectivity index (χ2n) is 7.43. The van der Waals surface area contributed by atoms with E-state index < -0.39 is 5.82 Å². The Morgan fingerprint density at radius 1 is 1.42 bits per heavy atom. The number of hydrogen-bond acceptors (Lipinski definition) is 7. The van der Waals surface area contributed by atoms with Crippen LogP contribution >= 0.6 is 0 Å². The molecule has 3 aromatic rings. The average Bonchev–Trinajstić information content (AvgIpc) is 3.14. The molecule has 4 N–H and O–H groups in total. The van der Waals surface area contributed by atoms with Gasteiger partial charge >= 0.3 is 0 Å². The van der Waals surface area contributed by atoms with Crippen LogP contribution in [-0.2, 0) is 9.47 Å². The Morgan fingerprint density at radius 3 is 2.94 bits per heavy atom. The number of anilines is 1. The molecule has 0 spiro atoms. The van der Waals surface area contributed by atoms with Crippen molar-refractivity contribution in [3.05, 3.63) is 53.2 Å². The van der Waals surface area contributed by atoms with E-state index in [1.165, 1.54) is 30.6 Å². The molecular formula is C21H23FN6O3. The van der Waals surface area contributed by atoms with Crippen LogP contribution in [0.1, 0.15) is 28.5 Å². The number of carbonyl (C=O) groups is 1. The summed E-state index contributed by atoms with van der Waals surface area (Å²) in [5.74, 6) is -0.724. The first-order valence-corrected chi connectivity index (χ1v) is 9.83. The van der Waals surface area contributed by atoms with Crippen molar-refractivity contribution in [1.82, 2.24) is 20.3 Å². The van der Waals surface area contributed by atoms with Gasteiger partial charge in [-0.2, -0.15) is 0 Å². The fraction of sp³-hybridized carbons (Fsp3) is 0.333. The zero-order valence-corrected chi connectivity index (χ0v) is 17.2. The molecule has 162 valence electrons. The molecule has 4 rings (SSSR count). The van der Waals surface area contributed by atoms with E-state index in [1.807, 2.05) is 6.92 Å². The van der Waals surface area contributed by atoms with E-state index in [-0.39, 0.29) is 29.4 Å². The Hall–Kier alpha value is -3.37. The molecule has 10 heteroatoms. The Labute approximate surface area is 177 Å². The summed E-state index contributed by atoms with van der Waals surface area (Å²) in [5.41, 5.74) is 2.42. The first-order valence-electron chi connectivity index (χ1n) is 9.83. The largest absolute Gasteiger partial charge is 0.383 e. The number of aromatic nitrogens is 3. The van der Waals surface area contributed by atoms with Gasteiger partial charge in [-0.05, 0) is 25.1 Å². The van der Waals surface area contributed by atoms with Crippen LogP contribution in [0, 0.1) is 11.2 Å². The number of carbonyl (C=O) groups excluding carboxylic acids is 1. The summed E-state index contributed by atoms with van der Waals surface area (Å²) in [5, 5.41) is 14.7. The van der Waals surface area contributed by atoms with Gasteiger partial charge in [-0.15, -0.1) is 0 Å². The molecule has 0 bridgehead atoms. The number of hydrogen-bond donors (Lipinski definition) is 4. The smallest absolute Gasteiger partial charge is 0.255 e. The topological polar surface area (TPSA) is 125 Å². The maximum atomic E-state index is 13.8. The first kappa shape index (κ1) is 20.9. The predicted molar refractivity (Wildman–Crippen MR) is 113 cm³/mol. The number of nitrogens with one attached hydrogen (secondary N) is 4. The maximum absolute atomic E-state index is 13.8. The van der Waals surface area contributed by atoms with Gasteiger partial charge in [-0.1, -0.05) is 0 Å². The zero-order chi connectivity index (χ0) is 22.0. The molecule has 0 saturated carbocycles. The van der Waals surface area contributed by atoms with Gasteiger partial charge in [0.25, 0.3) is 5.91 Å². The van der Waals surface area contributed by atoms with Crippen LogP contribution in [-0.4, -0.2) is 65.6 Å². The fourth-order valence-electron chi connectivity index (χ4n) is 3.31. The highest BCUT2D eigenvalue weighted by Gasteiger charge is 2.22. The van der Waals surface area contributed by atoms with E-state index in [1.54, 1.807) is 7.11 Å². The van der Waals surface area contributed by atoms with Gasteiger partial charge in [0.15, 0.2) is 5.65 Å². The quantitative estimate of drug-likeness (QED) is 0.409. The number of nitrogens with zero attached hydrogens (tertiary/aromatic N) is 2. The van der Waals surface area contributed by atoms with Crippen LogP contribution in [0.15, 0.2) is 30.6 Å². The van der Waals surface area contributed by atoms with Gasteiger partial charge in [-0.25, -0.2) is 14.4 Å². The summed E-state index contributed by atoms with van der Waals surface area (Å²) in [6.07, 6.45) is 2.99. The number of fused-ring (bicyclic) bond motifs is 1. The Kier molecular flexibility index (Phi) is 5.92. The second kappa shape index (κ2) is 8.78. The lowest BCUT2D eigenvalue weighted by atomic mass is 10.0. The summed E-state index contributed by atoms with van der Waals surface area (Å²) < 4.78 is 24.0. The zero-order valence-electron chi connectivity index (χ0n) is 17.2. The van der Waals surface area contributed by atoms with Crippen molar-refractivity contribution in [3.8, 4) is 0 Å². The number of benzene rings is 1. The number of amides is 1. The van der Waals surface area contributed by atoms with E-state index in [9.17, 15) is 9.18 Å². The van der Waals surface area contributed by atoms with Crippen molar-refractivity contribution >= 4 is 28.5 Å². The Balaban J connectivity index is 1.64. The molecule has 1 atom stereocenters. The van der Waals surface area contributed by atoms with E-state index in [2.05, 4.69) is 25.6 Å². The fourth-order valence-corrected chi connectivity index (χ4v) is 3.31. The van der Waals surface area contributed by atoms with Crippen molar-refractivity contribution in [2.75, 3.05) is 32.2 Å². The molecule has 31 heavy (non-hydrogen) atoms. The molecule has 1 aromatic carbocycles. The van der Waals surface area contributed by atoms with Crippen molar-refractivity contribution < 1.29 is 18.7 Å². The minimum absolute atomic E-state index is 0.0657. The molecule has 0 radical (unpaired) electrons. The summed E-state index contributed by atoms with van der Waals surface area (Å²) in [6, 6.07) is 4.06. The van der Waals surface area contributed by atoms with Gasteiger partial charge < -0.3 is 25.1 Å². The SMILES string of the molecule is COCC(C)NC(=O)c1c[nH]c2ncc(C(=N)c3ccc(F)cc3NC3COC3)nc12. The molecule has 1 aliphatic heterocycles. The lowest BCUT2D eigenvalue weighted by molar-refractivity contribution is 0.0211. The number of ether oxygens (including phenoxy) is 2. The van der Waals surface area contributed by atoms with Crippen LogP contribution in [0.5, 0.6) is 0 Å². The third kappa shape index (κ3) is 4.39. The highest BCUT2D eigenvalue weighted by Crippen LogP contribution is 2.23. The number of H-pyrrole nitrogens is 1. The Bertz CT molecular complexity index is 1130. The summed E-state index contributed by atoms with van der Waals surface area (Å²) in [6.45, 7) is 3.26. The number of rotatable bonds is 8. The summed E-state index contributed by atoms with van der Waals surface area (Å²) >= 11 is 0. The normalized spacial score (nSPS) is 14.8. The molecular weight excluding hydrogens is 403 g/mol. The second-order valence-corrected chi connectivity index (χ2v) is 7.43. The van der Waals surface area contributed by atoms with Gasteiger partial charge in [0.1, 0.15) is 17.0 Å². The summed E-state index contributed by atoms with van der Waals surface area (Å²) in [4.78, 5) is 24.4. The molecule has 1 fully saturated rings. The highest BCUT2D eigenvalue weighted by molar-refractivity contribution is 6.14. The number of halogens is 1. The third-order valence-electron chi connectivity index (χ3n) is 4.92. The third-order valence-corrected chi connectivity index (χ3v) is 4.92. The van der Waals surface area contributed by atoms with E-state index in [0.29, 0.717) is 47.8 Å². The minimum atomic E-state index is -0.407. The van der Waals surface area contributed by atoms with Gasteiger partial charge in [0, 0.05) is 30.6 Å². The van der Waals surface area contributed by atoms with Gasteiger partial charge in [0.05, 0.1) is 43.3 Å². The van der Waals surface area contributed by atoms with Crippen LogP contribution < -0.4 is 10.6 Å². The van der Waals surface area contributed by atoms with E-state index in [0.717, 1.165) is 0 Å². The van der Waals surface area contributed by atoms with Crippen molar-refractivity contribution in [2.24, 2.45) is 0 Å². The Morgan fingerprint density at radius 2 is 2.23 bits per heavy atom. The average molecular weight is 426 g/mol. The van der Waals surface area contributed by atoms with Crippen molar-refractivity contribution in [1.29, 1.82) is 5.41 Å². The molecule has 1 unspecified atom stereocenters. The molecule has 3 heterocycles. The summed E-state index contributed by atoms with van der Waals surface area (Å²) in [7, 11) is 1.56. The lowest BCUT2D eigenvalue weighted by Gasteiger charge is -2.28. The van der Waals surface area contributed by atoms with Crippen LogP contribution in [0.2, 0.25) is 0 Å². The van der Waals surface area contributed by atoms with Crippen molar-refractivity contribution in [2.45, 2.75) is 19.0 Å². The van der Waals surface area contributed by atoms with E-state index >= 15 is 0 Å². The highest BCUT2D eigenvalue weighted by atomic mass is 19.1.